The first kappa shape index (κ1) is 30.2. The van der Waals surface area contributed by atoms with E-state index in [-0.39, 0.29) is 35.6 Å². The fourth-order valence-corrected chi connectivity index (χ4v) is 5.38. The molecule has 1 fully saturated rings. The van der Waals surface area contributed by atoms with Gasteiger partial charge < -0.3 is 20.4 Å². The number of carbonyl (C=O) groups excluding carboxylic acids is 2. The zero-order valence-electron chi connectivity index (χ0n) is 24.0. The normalized spacial score (nSPS) is 17.7. The van der Waals surface area contributed by atoms with E-state index in [9.17, 15) is 14.0 Å². The van der Waals surface area contributed by atoms with Gasteiger partial charge in [0.1, 0.15) is 5.82 Å². The molecule has 0 spiro atoms. The van der Waals surface area contributed by atoms with E-state index in [1.807, 2.05) is 48.3 Å². The Hall–Kier alpha value is -3.81. The Bertz CT molecular complexity index is 1230. The van der Waals surface area contributed by atoms with Gasteiger partial charge in [0.15, 0.2) is 0 Å². The molecule has 4 rings (SSSR count). The minimum absolute atomic E-state index is 0.0244. The molecule has 1 aliphatic rings. The van der Waals surface area contributed by atoms with Gasteiger partial charge in [-0.15, -0.1) is 0 Å². The number of hydrogen-bond donors (Lipinski definition) is 2. The molecule has 0 bridgehead atoms. The lowest BCUT2D eigenvalue weighted by Gasteiger charge is -2.29. The number of amides is 2. The lowest BCUT2D eigenvalue weighted by Crippen LogP contribution is -2.49. The number of halogens is 1. The maximum atomic E-state index is 13.9. The number of rotatable bonds is 12. The van der Waals surface area contributed by atoms with Crippen LogP contribution in [0.2, 0.25) is 0 Å². The van der Waals surface area contributed by atoms with E-state index in [2.05, 4.69) is 34.9 Å². The quantitative estimate of drug-likeness (QED) is 0.251. The number of nitrogens with one attached hydrogen (secondary N) is 2. The van der Waals surface area contributed by atoms with Crippen molar-refractivity contribution in [2.75, 3.05) is 40.3 Å². The summed E-state index contributed by atoms with van der Waals surface area (Å²) in [5.41, 5.74) is 3.13. The van der Waals surface area contributed by atoms with Gasteiger partial charge in [0.05, 0.1) is 6.04 Å². The average Bonchev–Trinajstić information content (AvgIpc) is 3.14. The van der Waals surface area contributed by atoms with Gasteiger partial charge in [0, 0.05) is 44.7 Å². The van der Waals surface area contributed by atoms with E-state index in [1.165, 1.54) is 29.3 Å². The Morgan fingerprint density at radius 1 is 1.05 bits per heavy atom. The molecule has 2 N–H and O–H groups in total. The van der Waals surface area contributed by atoms with Crippen molar-refractivity contribution in [1.82, 2.24) is 20.4 Å². The molecular weight excluding hydrogens is 515 g/mol. The van der Waals surface area contributed by atoms with Crippen LogP contribution in [-0.2, 0) is 9.59 Å². The van der Waals surface area contributed by atoms with E-state index in [1.54, 1.807) is 30.2 Å². The standard InChI is InChI=1S/C34H41FN4O2/c1-36-22-9-14-32-34(41)39(25-31(27-10-5-3-6-11-27)28-12-7-4-8-13-28)23-21-30(37-32)24-38(2)33(40)20-17-26-15-18-29(35)19-16-26/h3-8,10-13,15-20,30-32,36-37H,9,14,21-25H2,1-2H3/b20-17+. The monoisotopic (exact) mass is 556 g/mol. The lowest BCUT2D eigenvalue weighted by molar-refractivity contribution is -0.133. The molecule has 2 unspecified atom stereocenters. The lowest BCUT2D eigenvalue weighted by atomic mass is 9.90. The van der Waals surface area contributed by atoms with Crippen molar-refractivity contribution in [2.45, 2.75) is 37.3 Å². The van der Waals surface area contributed by atoms with Crippen LogP contribution in [0.1, 0.15) is 41.9 Å². The summed E-state index contributed by atoms with van der Waals surface area (Å²) >= 11 is 0. The highest BCUT2D eigenvalue weighted by atomic mass is 19.1. The molecule has 3 aromatic carbocycles. The third-order valence-corrected chi connectivity index (χ3v) is 7.68. The van der Waals surface area contributed by atoms with Gasteiger partial charge in [-0.25, -0.2) is 4.39 Å². The highest BCUT2D eigenvalue weighted by Crippen LogP contribution is 2.27. The molecule has 2 atom stereocenters. The first-order valence-corrected chi connectivity index (χ1v) is 14.4. The molecular formula is C34H41FN4O2. The van der Waals surface area contributed by atoms with Crippen molar-refractivity contribution < 1.29 is 14.0 Å². The van der Waals surface area contributed by atoms with Gasteiger partial charge in [-0.3, -0.25) is 9.59 Å². The van der Waals surface area contributed by atoms with E-state index in [0.717, 1.165) is 31.4 Å². The molecule has 41 heavy (non-hydrogen) atoms. The second-order valence-electron chi connectivity index (χ2n) is 10.7. The molecule has 6 nitrogen and oxygen atoms in total. The molecule has 1 aliphatic heterocycles. The van der Waals surface area contributed by atoms with Crippen LogP contribution < -0.4 is 10.6 Å². The van der Waals surface area contributed by atoms with Crippen molar-refractivity contribution in [3.05, 3.63) is 114 Å². The van der Waals surface area contributed by atoms with Crippen molar-refractivity contribution in [3.63, 3.8) is 0 Å². The summed E-state index contributed by atoms with van der Waals surface area (Å²) in [5.74, 6) is -0.261. The Morgan fingerprint density at radius 2 is 1.68 bits per heavy atom. The highest BCUT2D eigenvalue weighted by Gasteiger charge is 2.33. The zero-order valence-corrected chi connectivity index (χ0v) is 24.0. The van der Waals surface area contributed by atoms with Gasteiger partial charge in [0.2, 0.25) is 11.8 Å². The predicted molar refractivity (Wildman–Crippen MR) is 163 cm³/mol. The fraction of sp³-hybridized carbons (Fsp3) is 0.353. The second-order valence-corrected chi connectivity index (χ2v) is 10.7. The van der Waals surface area contributed by atoms with Crippen molar-refractivity contribution in [3.8, 4) is 0 Å². The number of benzene rings is 3. The minimum Gasteiger partial charge on any atom is -0.341 e. The first-order valence-electron chi connectivity index (χ1n) is 14.4. The Morgan fingerprint density at radius 3 is 2.29 bits per heavy atom. The van der Waals surface area contributed by atoms with Crippen LogP contribution in [-0.4, -0.2) is 74.0 Å². The summed E-state index contributed by atoms with van der Waals surface area (Å²) in [6.07, 6.45) is 5.53. The molecule has 0 saturated carbocycles. The minimum atomic E-state index is -0.318. The van der Waals surface area contributed by atoms with Crippen LogP contribution in [0, 0.1) is 5.82 Å². The van der Waals surface area contributed by atoms with Crippen LogP contribution in [0.15, 0.2) is 91.0 Å². The molecule has 0 radical (unpaired) electrons. The predicted octanol–water partition coefficient (Wildman–Crippen LogP) is 4.69. The van der Waals surface area contributed by atoms with Crippen molar-refractivity contribution in [1.29, 1.82) is 0 Å². The van der Waals surface area contributed by atoms with Crippen LogP contribution in [0.3, 0.4) is 0 Å². The van der Waals surface area contributed by atoms with Gasteiger partial charge >= 0.3 is 0 Å². The molecule has 1 heterocycles. The topological polar surface area (TPSA) is 64.7 Å². The van der Waals surface area contributed by atoms with Gasteiger partial charge in [-0.2, -0.15) is 0 Å². The summed E-state index contributed by atoms with van der Waals surface area (Å²) in [7, 11) is 3.70. The molecule has 0 aliphatic carbocycles. The molecule has 0 aromatic heterocycles. The maximum Gasteiger partial charge on any atom is 0.246 e. The number of likely N-dealkylation sites (N-methyl/N-ethyl adjacent to an activating group) is 1. The number of nitrogens with zero attached hydrogens (tertiary/aromatic N) is 2. The van der Waals surface area contributed by atoms with E-state index < -0.39 is 0 Å². The zero-order chi connectivity index (χ0) is 29.0. The Labute approximate surface area is 243 Å². The van der Waals surface area contributed by atoms with E-state index >= 15 is 0 Å². The first-order chi connectivity index (χ1) is 19.9. The van der Waals surface area contributed by atoms with Crippen molar-refractivity contribution in [2.24, 2.45) is 0 Å². The third kappa shape index (κ3) is 8.84. The van der Waals surface area contributed by atoms with Crippen molar-refractivity contribution >= 4 is 17.9 Å². The molecule has 2 amide bonds. The SMILES string of the molecule is CNCCCC1NC(CN(C)C(=O)/C=C/c2ccc(F)cc2)CCN(CC(c2ccccc2)c2ccccc2)C1=O. The average molecular weight is 557 g/mol. The van der Waals surface area contributed by atoms with Crippen LogP contribution in [0.4, 0.5) is 4.39 Å². The third-order valence-electron chi connectivity index (χ3n) is 7.68. The summed E-state index contributed by atoms with van der Waals surface area (Å²) in [6.45, 7) is 2.53. The molecule has 216 valence electrons. The van der Waals surface area contributed by atoms with Crippen LogP contribution in [0.25, 0.3) is 6.08 Å². The molecule has 7 heteroatoms. The van der Waals surface area contributed by atoms with Gasteiger partial charge in [0.25, 0.3) is 0 Å². The smallest absolute Gasteiger partial charge is 0.246 e. The largest absolute Gasteiger partial charge is 0.341 e. The maximum absolute atomic E-state index is 13.9. The molecule has 1 saturated heterocycles. The molecule has 3 aromatic rings. The van der Waals surface area contributed by atoms with E-state index in [0.29, 0.717) is 19.6 Å². The number of carbonyl (C=O) groups is 2. The van der Waals surface area contributed by atoms with Crippen LogP contribution >= 0.6 is 0 Å². The summed E-state index contributed by atoms with van der Waals surface area (Å²) < 4.78 is 13.2. The second kappa shape index (κ2) is 15.3. The van der Waals surface area contributed by atoms with Crippen LogP contribution in [0.5, 0.6) is 0 Å². The summed E-state index contributed by atoms with van der Waals surface area (Å²) in [4.78, 5) is 30.5. The fourth-order valence-electron chi connectivity index (χ4n) is 5.38. The highest BCUT2D eigenvalue weighted by molar-refractivity contribution is 5.91. The van der Waals surface area contributed by atoms with Gasteiger partial charge in [-0.1, -0.05) is 72.8 Å². The Kier molecular flexibility index (Phi) is 11.2. The Balaban J connectivity index is 1.48. The van der Waals surface area contributed by atoms with Gasteiger partial charge in [-0.05, 0) is 67.8 Å². The van der Waals surface area contributed by atoms with E-state index in [4.69, 9.17) is 0 Å². The summed E-state index contributed by atoms with van der Waals surface area (Å²) in [6, 6.07) is 26.4. The number of hydrogen-bond acceptors (Lipinski definition) is 4. The summed E-state index contributed by atoms with van der Waals surface area (Å²) in [5, 5.41) is 6.77.